The van der Waals surface area contributed by atoms with Crippen LogP contribution in [0.5, 0.6) is 5.75 Å². The van der Waals surface area contributed by atoms with Crippen LogP contribution in [0.2, 0.25) is 0 Å². The molecule has 0 saturated heterocycles. The first kappa shape index (κ1) is 13.0. The highest BCUT2D eigenvalue weighted by atomic mass is 16.5. The Kier molecular flexibility index (Phi) is 3.58. The molecule has 5 heteroatoms. The van der Waals surface area contributed by atoms with Crippen LogP contribution in [0, 0.1) is 5.92 Å². The molecule has 1 unspecified atom stereocenters. The average molecular weight is 273 g/mol. The summed E-state index contributed by atoms with van der Waals surface area (Å²) in [7, 11) is 0. The number of hydrogen-bond acceptors (Lipinski definition) is 5. The van der Waals surface area contributed by atoms with Crippen LogP contribution in [-0.2, 0) is 6.42 Å². The lowest BCUT2D eigenvalue weighted by Gasteiger charge is -2.22. The lowest BCUT2D eigenvalue weighted by molar-refractivity contribution is 0.254. The summed E-state index contributed by atoms with van der Waals surface area (Å²) in [5, 5.41) is 7.20. The minimum atomic E-state index is 0.156. The molecular formula is C15H19N3O2. The monoisotopic (exact) mass is 273 g/mol. The summed E-state index contributed by atoms with van der Waals surface area (Å²) < 4.78 is 11.0. The summed E-state index contributed by atoms with van der Waals surface area (Å²) in [6.07, 6.45) is 0.888. The van der Waals surface area contributed by atoms with E-state index in [1.165, 1.54) is 5.56 Å². The number of nitrogens with zero attached hydrogens (tertiary/aromatic N) is 2. The summed E-state index contributed by atoms with van der Waals surface area (Å²) in [4.78, 5) is 4.41. The molecule has 106 valence electrons. The molecule has 0 aliphatic carbocycles. The van der Waals surface area contributed by atoms with E-state index in [1.54, 1.807) is 0 Å². The Bertz CT molecular complexity index is 580. The lowest BCUT2D eigenvalue weighted by Crippen LogP contribution is -2.20. The van der Waals surface area contributed by atoms with E-state index >= 15 is 0 Å². The Morgan fingerprint density at radius 3 is 3.05 bits per heavy atom. The quantitative estimate of drug-likeness (QED) is 0.928. The van der Waals surface area contributed by atoms with E-state index in [0.29, 0.717) is 24.4 Å². The van der Waals surface area contributed by atoms with Crippen molar-refractivity contribution in [1.82, 2.24) is 10.1 Å². The fourth-order valence-corrected chi connectivity index (χ4v) is 2.26. The van der Waals surface area contributed by atoms with Crippen LogP contribution >= 0.6 is 0 Å². The van der Waals surface area contributed by atoms with Gasteiger partial charge >= 0.3 is 6.01 Å². The molecule has 2 heterocycles. The molecule has 2 aromatic rings. The summed E-state index contributed by atoms with van der Waals surface area (Å²) in [6, 6.07) is 8.59. The zero-order valence-electron chi connectivity index (χ0n) is 11.8. The molecule has 1 N–H and O–H groups in total. The third-order valence-corrected chi connectivity index (χ3v) is 3.35. The van der Waals surface area contributed by atoms with Crippen molar-refractivity contribution in [3.05, 3.63) is 35.7 Å². The van der Waals surface area contributed by atoms with Gasteiger partial charge < -0.3 is 14.6 Å². The van der Waals surface area contributed by atoms with Gasteiger partial charge in [0.05, 0.1) is 12.5 Å². The molecule has 0 bridgehead atoms. The number of nitrogens with one attached hydrogen (secondary N) is 1. The molecule has 3 rings (SSSR count). The van der Waals surface area contributed by atoms with Crippen LogP contribution in [0.15, 0.2) is 28.8 Å². The Balaban J connectivity index is 1.69. The lowest BCUT2D eigenvalue weighted by atomic mass is 9.96. The van der Waals surface area contributed by atoms with Gasteiger partial charge in [-0.1, -0.05) is 37.2 Å². The molecule has 1 aliphatic rings. The maximum Gasteiger partial charge on any atom is 0.321 e. The summed E-state index contributed by atoms with van der Waals surface area (Å²) in [5.41, 5.74) is 1.20. The van der Waals surface area contributed by atoms with Gasteiger partial charge in [0, 0.05) is 6.54 Å². The van der Waals surface area contributed by atoms with Crippen molar-refractivity contribution >= 4 is 6.01 Å². The summed E-state index contributed by atoms with van der Waals surface area (Å²) in [6.45, 7) is 5.69. The third-order valence-electron chi connectivity index (χ3n) is 3.35. The molecule has 1 atom stereocenters. The average Bonchev–Trinajstić information content (AvgIpc) is 2.93. The van der Waals surface area contributed by atoms with Crippen LogP contribution < -0.4 is 10.1 Å². The molecular weight excluding hydrogens is 254 g/mol. The maximum atomic E-state index is 5.76. The maximum absolute atomic E-state index is 5.76. The van der Waals surface area contributed by atoms with Gasteiger partial charge in [0.15, 0.2) is 5.82 Å². The Labute approximate surface area is 118 Å². The SMILES string of the molecule is CC(C)CNc1nc(C2COc3ccccc3C2)no1. The van der Waals surface area contributed by atoms with E-state index < -0.39 is 0 Å². The Morgan fingerprint density at radius 2 is 2.20 bits per heavy atom. The molecule has 0 saturated carbocycles. The highest BCUT2D eigenvalue weighted by Gasteiger charge is 2.25. The molecule has 1 aromatic carbocycles. The van der Waals surface area contributed by atoms with Crippen molar-refractivity contribution in [2.75, 3.05) is 18.5 Å². The predicted molar refractivity (Wildman–Crippen MR) is 76.0 cm³/mol. The number of anilines is 1. The fraction of sp³-hybridized carbons (Fsp3) is 0.467. The normalized spacial score (nSPS) is 17.6. The van der Waals surface area contributed by atoms with Crippen LogP contribution in [0.3, 0.4) is 0 Å². The first-order chi connectivity index (χ1) is 9.72. The van der Waals surface area contributed by atoms with E-state index in [4.69, 9.17) is 9.26 Å². The molecule has 0 fully saturated rings. The highest BCUT2D eigenvalue weighted by molar-refractivity contribution is 5.36. The summed E-state index contributed by atoms with van der Waals surface area (Å²) >= 11 is 0. The zero-order chi connectivity index (χ0) is 13.9. The topological polar surface area (TPSA) is 60.2 Å². The minimum Gasteiger partial charge on any atom is -0.493 e. The predicted octanol–water partition coefficient (Wildman–Crippen LogP) is 2.86. The Morgan fingerprint density at radius 1 is 1.35 bits per heavy atom. The van der Waals surface area contributed by atoms with Crippen molar-refractivity contribution in [1.29, 1.82) is 0 Å². The summed E-state index contributed by atoms with van der Waals surface area (Å²) in [5.74, 6) is 2.37. The second-order valence-corrected chi connectivity index (χ2v) is 5.55. The molecule has 20 heavy (non-hydrogen) atoms. The largest absolute Gasteiger partial charge is 0.493 e. The first-order valence-corrected chi connectivity index (χ1v) is 7.00. The van der Waals surface area contributed by atoms with Gasteiger partial charge in [0.1, 0.15) is 5.75 Å². The smallest absolute Gasteiger partial charge is 0.321 e. The zero-order valence-corrected chi connectivity index (χ0v) is 11.8. The molecule has 0 amide bonds. The van der Waals surface area contributed by atoms with Gasteiger partial charge in [0.25, 0.3) is 0 Å². The van der Waals surface area contributed by atoms with E-state index in [-0.39, 0.29) is 5.92 Å². The second-order valence-electron chi connectivity index (χ2n) is 5.55. The molecule has 5 nitrogen and oxygen atoms in total. The first-order valence-electron chi connectivity index (χ1n) is 7.00. The number of ether oxygens (including phenoxy) is 1. The fourth-order valence-electron chi connectivity index (χ4n) is 2.26. The molecule has 0 spiro atoms. The Hall–Kier alpha value is -2.04. The molecule has 0 radical (unpaired) electrons. The van der Waals surface area contributed by atoms with E-state index in [2.05, 4.69) is 35.4 Å². The van der Waals surface area contributed by atoms with Crippen LogP contribution in [0.25, 0.3) is 0 Å². The van der Waals surface area contributed by atoms with Crippen LogP contribution in [0.4, 0.5) is 6.01 Å². The number of fused-ring (bicyclic) bond motifs is 1. The van der Waals surface area contributed by atoms with E-state index in [1.807, 2.05) is 18.2 Å². The molecule has 1 aliphatic heterocycles. The third kappa shape index (κ3) is 2.76. The van der Waals surface area contributed by atoms with Gasteiger partial charge in [-0.2, -0.15) is 4.98 Å². The molecule has 1 aromatic heterocycles. The second kappa shape index (κ2) is 5.53. The standard InChI is InChI=1S/C15H19N3O2/c1-10(2)8-16-15-17-14(18-20-15)12-7-11-5-3-4-6-13(11)19-9-12/h3-6,10,12H,7-9H2,1-2H3,(H,16,17,18). The minimum absolute atomic E-state index is 0.156. The van der Waals surface area contributed by atoms with Crippen molar-refractivity contribution < 1.29 is 9.26 Å². The number of aromatic nitrogens is 2. The van der Waals surface area contributed by atoms with Gasteiger partial charge in [-0.15, -0.1) is 0 Å². The van der Waals surface area contributed by atoms with Gasteiger partial charge in [-0.25, -0.2) is 0 Å². The number of benzene rings is 1. The van der Waals surface area contributed by atoms with Crippen LogP contribution in [0.1, 0.15) is 31.2 Å². The van der Waals surface area contributed by atoms with Crippen molar-refractivity contribution in [2.24, 2.45) is 5.92 Å². The van der Waals surface area contributed by atoms with Gasteiger partial charge in [0.2, 0.25) is 0 Å². The number of hydrogen-bond donors (Lipinski definition) is 1. The number of rotatable bonds is 4. The van der Waals surface area contributed by atoms with Crippen molar-refractivity contribution in [3.8, 4) is 5.75 Å². The van der Waals surface area contributed by atoms with Crippen molar-refractivity contribution in [3.63, 3.8) is 0 Å². The van der Waals surface area contributed by atoms with E-state index in [0.717, 1.165) is 18.7 Å². The van der Waals surface area contributed by atoms with Crippen molar-refractivity contribution in [2.45, 2.75) is 26.2 Å². The number of para-hydroxylation sites is 1. The highest BCUT2D eigenvalue weighted by Crippen LogP contribution is 2.31. The van der Waals surface area contributed by atoms with Gasteiger partial charge in [-0.05, 0) is 24.0 Å². The van der Waals surface area contributed by atoms with E-state index in [9.17, 15) is 0 Å². The van der Waals surface area contributed by atoms with Crippen LogP contribution in [-0.4, -0.2) is 23.3 Å². The van der Waals surface area contributed by atoms with Gasteiger partial charge in [-0.3, -0.25) is 0 Å².